The van der Waals surface area contributed by atoms with Crippen molar-refractivity contribution in [3.05, 3.63) is 0 Å². The summed E-state index contributed by atoms with van der Waals surface area (Å²) in [7, 11) is 0. The van der Waals surface area contributed by atoms with Crippen molar-refractivity contribution in [3.8, 4) is 0 Å². The van der Waals surface area contributed by atoms with Gasteiger partial charge in [0.2, 0.25) is 0 Å². The maximum absolute atomic E-state index is 5.16. The van der Waals surface area contributed by atoms with Crippen molar-refractivity contribution in [2.45, 2.75) is 13.8 Å². The van der Waals surface area contributed by atoms with Crippen molar-refractivity contribution < 1.29 is 4.74 Å². The first kappa shape index (κ1) is 10.9. The molecule has 3 heteroatoms. The van der Waals surface area contributed by atoms with E-state index in [2.05, 4.69) is 17.6 Å². The molecule has 0 aromatic heterocycles. The Balaban J connectivity index is 2.69. The molecule has 0 saturated carbocycles. The van der Waals surface area contributed by atoms with Crippen LogP contribution in [0.25, 0.3) is 0 Å². The van der Waals surface area contributed by atoms with Crippen LogP contribution in [0.2, 0.25) is 0 Å². The lowest BCUT2D eigenvalue weighted by Gasteiger charge is -2.04. The third-order valence-corrected chi connectivity index (χ3v) is 1.36. The van der Waals surface area contributed by atoms with Crippen LogP contribution in [0.15, 0.2) is 0 Å². The Morgan fingerprint density at radius 1 is 1.00 bits per heavy atom. The Morgan fingerprint density at radius 2 is 1.73 bits per heavy atom. The van der Waals surface area contributed by atoms with Gasteiger partial charge in [0.05, 0.1) is 6.61 Å². The van der Waals surface area contributed by atoms with Gasteiger partial charge in [0.15, 0.2) is 0 Å². The zero-order chi connectivity index (χ0) is 8.36. The summed E-state index contributed by atoms with van der Waals surface area (Å²) in [4.78, 5) is 0. The summed E-state index contributed by atoms with van der Waals surface area (Å²) in [5.41, 5.74) is 0. The zero-order valence-corrected chi connectivity index (χ0v) is 7.65. The normalized spacial score (nSPS) is 10.4. The van der Waals surface area contributed by atoms with Gasteiger partial charge in [-0.3, -0.25) is 0 Å². The van der Waals surface area contributed by atoms with Gasteiger partial charge < -0.3 is 15.4 Å². The van der Waals surface area contributed by atoms with E-state index in [9.17, 15) is 0 Å². The Kier molecular flexibility index (Phi) is 9.77. The number of ether oxygens (including phenoxy) is 1. The summed E-state index contributed by atoms with van der Waals surface area (Å²) in [6, 6.07) is 0. The van der Waals surface area contributed by atoms with Crippen LogP contribution in [-0.2, 0) is 4.74 Å². The average molecular weight is 160 g/mol. The third-order valence-electron chi connectivity index (χ3n) is 1.36. The third kappa shape index (κ3) is 9.88. The molecule has 0 radical (unpaired) electrons. The number of hydrogen-bond acceptors (Lipinski definition) is 3. The number of rotatable bonds is 8. The quantitative estimate of drug-likeness (QED) is 0.498. The van der Waals surface area contributed by atoms with Gasteiger partial charge in [-0.15, -0.1) is 0 Å². The van der Waals surface area contributed by atoms with Crippen LogP contribution in [0, 0.1) is 0 Å². The molecule has 0 rings (SSSR count). The lowest BCUT2D eigenvalue weighted by molar-refractivity contribution is 0.149. The maximum Gasteiger partial charge on any atom is 0.0590 e. The summed E-state index contributed by atoms with van der Waals surface area (Å²) in [5, 5.41) is 6.50. The van der Waals surface area contributed by atoms with Crippen molar-refractivity contribution in [3.63, 3.8) is 0 Å². The van der Waals surface area contributed by atoms with E-state index in [-0.39, 0.29) is 0 Å². The van der Waals surface area contributed by atoms with Crippen molar-refractivity contribution in [2.75, 3.05) is 39.4 Å². The minimum Gasteiger partial charge on any atom is -0.380 e. The lowest BCUT2D eigenvalue weighted by Crippen LogP contribution is -2.29. The smallest absolute Gasteiger partial charge is 0.0590 e. The molecule has 11 heavy (non-hydrogen) atoms. The zero-order valence-electron chi connectivity index (χ0n) is 7.65. The molecule has 0 aliphatic rings. The van der Waals surface area contributed by atoms with E-state index in [1.807, 2.05) is 6.92 Å². The van der Waals surface area contributed by atoms with Gasteiger partial charge in [-0.05, 0) is 13.5 Å². The first-order valence-electron chi connectivity index (χ1n) is 4.41. The minimum absolute atomic E-state index is 0.814. The van der Waals surface area contributed by atoms with E-state index in [1.54, 1.807) is 0 Å². The highest BCUT2D eigenvalue weighted by Gasteiger charge is 1.85. The standard InChI is InChI=1S/C8H20N2O/c1-3-9-5-6-10-7-8-11-4-2/h9-10H,3-8H2,1-2H3. The highest BCUT2D eigenvalue weighted by molar-refractivity contribution is 4.49. The molecular weight excluding hydrogens is 140 g/mol. The van der Waals surface area contributed by atoms with E-state index in [1.165, 1.54) is 0 Å². The molecular formula is C8H20N2O. The molecule has 68 valence electrons. The van der Waals surface area contributed by atoms with Gasteiger partial charge in [0, 0.05) is 26.2 Å². The predicted octanol–water partition coefficient (Wildman–Crippen LogP) is 0.222. The summed E-state index contributed by atoms with van der Waals surface area (Å²) in [6.07, 6.45) is 0. The molecule has 0 saturated heterocycles. The Bertz CT molecular complexity index is 61.1. The average Bonchev–Trinajstić information content (AvgIpc) is 2.03. The first-order valence-corrected chi connectivity index (χ1v) is 4.41. The van der Waals surface area contributed by atoms with Gasteiger partial charge in [-0.2, -0.15) is 0 Å². The highest BCUT2D eigenvalue weighted by Crippen LogP contribution is 1.69. The van der Waals surface area contributed by atoms with Crippen molar-refractivity contribution >= 4 is 0 Å². The van der Waals surface area contributed by atoms with Gasteiger partial charge in [0.1, 0.15) is 0 Å². The van der Waals surface area contributed by atoms with Crippen LogP contribution >= 0.6 is 0 Å². The van der Waals surface area contributed by atoms with E-state index in [0.717, 1.165) is 39.4 Å². The second kappa shape index (κ2) is 9.88. The molecule has 0 aromatic rings. The number of nitrogens with one attached hydrogen (secondary N) is 2. The lowest BCUT2D eigenvalue weighted by atomic mass is 10.5. The molecule has 0 spiro atoms. The Morgan fingerprint density at radius 3 is 2.36 bits per heavy atom. The summed E-state index contributed by atoms with van der Waals surface area (Å²) < 4.78 is 5.16. The molecule has 0 fully saturated rings. The Labute approximate surface area is 69.5 Å². The summed E-state index contributed by atoms with van der Waals surface area (Å²) in [6.45, 7) is 9.84. The SMILES string of the molecule is CCNCCNCCOCC. The van der Waals surface area contributed by atoms with E-state index < -0.39 is 0 Å². The molecule has 0 aliphatic carbocycles. The maximum atomic E-state index is 5.16. The minimum atomic E-state index is 0.814. The fraction of sp³-hybridized carbons (Fsp3) is 1.00. The summed E-state index contributed by atoms with van der Waals surface area (Å²) >= 11 is 0. The van der Waals surface area contributed by atoms with E-state index >= 15 is 0 Å². The first-order chi connectivity index (χ1) is 5.41. The molecule has 0 amide bonds. The van der Waals surface area contributed by atoms with Crippen molar-refractivity contribution in [1.82, 2.24) is 10.6 Å². The van der Waals surface area contributed by atoms with Gasteiger partial charge in [-0.1, -0.05) is 6.92 Å². The fourth-order valence-corrected chi connectivity index (χ4v) is 0.767. The van der Waals surface area contributed by atoms with Gasteiger partial charge >= 0.3 is 0 Å². The number of likely N-dealkylation sites (N-methyl/N-ethyl adjacent to an activating group) is 1. The van der Waals surface area contributed by atoms with Crippen LogP contribution in [-0.4, -0.2) is 39.4 Å². The van der Waals surface area contributed by atoms with E-state index in [4.69, 9.17) is 4.74 Å². The van der Waals surface area contributed by atoms with Gasteiger partial charge in [0.25, 0.3) is 0 Å². The molecule has 3 nitrogen and oxygen atoms in total. The Hall–Kier alpha value is -0.120. The second-order valence-corrected chi connectivity index (χ2v) is 2.30. The van der Waals surface area contributed by atoms with E-state index in [0.29, 0.717) is 0 Å². The highest BCUT2D eigenvalue weighted by atomic mass is 16.5. The topological polar surface area (TPSA) is 33.3 Å². The largest absolute Gasteiger partial charge is 0.380 e. The molecule has 0 unspecified atom stereocenters. The van der Waals surface area contributed by atoms with Crippen LogP contribution in [0.1, 0.15) is 13.8 Å². The van der Waals surface area contributed by atoms with Gasteiger partial charge in [-0.25, -0.2) is 0 Å². The molecule has 0 bridgehead atoms. The van der Waals surface area contributed by atoms with Crippen LogP contribution in [0.3, 0.4) is 0 Å². The molecule has 0 aromatic carbocycles. The van der Waals surface area contributed by atoms with Crippen molar-refractivity contribution in [2.24, 2.45) is 0 Å². The molecule has 0 atom stereocenters. The second-order valence-electron chi connectivity index (χ2n) is 2.30. The van der Waals surface area contributed by atoms with Crippen LogP contribution in [0.5, 0.6) is 0 Å². The fourth-order valence-electron chi connectivity index (χ4n) is 0.767. The molecule has 0 heterocycles. The van der Waals surface area contributed by atoms with Crippen molar-refractivity contribution in [1.29, 1.82) is 0 Å². The predicted molar refractivity (Wildman–Crippen MR) is 47.9 cm³/mol. The monoisotopic (exact) mass is 160 g/mol. The summed E-state index contributed by atoms with van der Waals surface area (Å²) in [5.74, 6) is 0. The molecule has 0 aliphatic heterocycles. The molecule has 2 N–H and O–H groups in total. The van der Waals surface area contributed by atoms with Crippen LogP contribution in [0.4, 0.5) is 0 Å². The van der Waals surface area contributed by atoms with Crippen LogP contribution < -0.4 is 10.6 Å². The number of hydrogen-bond donors (Lipinski definition) is 2.